The Kier molecular flexibility index (Phi) is 4.68. The van der Waals surface area contributed by atoms with E-state index < -0.39 is 11.6 Å². The van der Waals surface area contributed by atoms with Crippen LogP contribution in [0.3, 0.4) is 0 Å². The predicted molar refractivity (Wildman–Crippen MR) is 180 cm³/mol. The van der Waals surface area contributed by atoms with Crippen LogP contribution < -0.4 is 21.3 Å². The minimum absolute atomic E-state index is 0.00892. The summed E-state index contributed by atoms with van der Waals surface area (Å²) in [4.78, 5) is 1.91. The Balaban J connectivity index is 1.31. The number of halogens is 2. The molecule has 218 valence electrons. The molecule has 4 fully saturated rings. The molecule has 6 aromatic rings. The Labute approximate surface area is 261 Å². The van der Waals surface area contributed by atoms with Gasteiger partial charge in [-0.3, -0.25) is 0 Å². The molecular weight excluding hydrogens is 557 g/mol. The first-order valence-corrected chi connectivity index (χ1v) is 16.6. The second-order valence-electron chi connectivity index (χ2n) is 14.6. The van der Waals surface area contributed by atoms with Crippen LogP contribution in [-0.2, 0) is 5.41 Å². The molecule has 4 aliphatic carbocycles. The van der Waals surface area contributed by atoms with Crippen LogP contribution in [0.25, 0.3) is 27.5 Å². The van der Waals surface area contributed by atoms with Crippen LogP contribution in [0.15, 0.2) is 97.1 Å². The van der Waals surface area contributed by atoms with Crippen LogP contribution in [0.4, 0.5) is 25.8 Å². The van der Waals surface area contributed by atoms with Gasteiger partial charge in [-0.05, 0) is 120 Å². The summed E-state index contributed by atoms with van der Waals surface area (Å²) in [5, 5.41) is 2.50. The zero-order chi connectivity index (χ0) is 29.6. The number of hydrogen-bond acceptors (Lipinski definition) is 1. The summed E-state index contributed by atoms with van der Waals surface area (Å²) in [6.45, 7) is -0.0387. The van der Waals surface area contributed by atoms with Crippen molar-refractivity contribution >= 4 is 62.0 Å². The van der Waals surface area contributed by atoms with Crippen molar-refractivity contribution in [2.45, 2.75) is 43.9 Å². The zero-order valence-electron chi connectivity index (χ0n) is 24.9. The molecule has 2 aliphatic heterocycles. The molecule has 0 amide bonds. The van der Waals surface area contributed by atoms with E-state index in [9.17, 15) is 0 Å². The van der Waals surface area contributed by atoms with Gasteiger partial charge in [-0.1, -0.05) is 60.7 Å². The van der Waals surface area contributed by atoms with E-state index in [1.807, 2.05) is 17.0 Å². The fraction of sp³-hybridized carbons (Fsp3) is 0.250. The molecule has 5 heteroatoms. The van der Waals surface area contributed by atoms with E-state index in [-0.39, 0.29) is 17.8 Å². The third-order valence-corrected chi connectivity index (χ3v) is 12.2. The molecular formula is C40H31BF2N2. The maximum absolute atomic E-state index is 15.9. The largest absolute Gasteiger partial charge is 0.310 e. The minimum Gasteiger partial charge on any atom is -0.310 e. The van der Waals surface area contributed by atoms with E-state index in [2.05, 4.69) is 71.3 Å². The van der Waals surface area contributed by atoms with Gasteiger partial charge in [-0.25, -0.2) is 8.78 Å². The van der Waals surface area contributed by atoms with Crippen LogP contribution in [-0.4, -0.2) is 11.3 Å². The Morgan fingerprint density at radius 2 is 1.24 bits per heavy atom. The second-order valence-corrected chi connectivity index (χ2v) is 14.6. The Bertz CT molecular complexity index is 2210. The highest BCUT2D eigenvalue weighted by molar-refractivity contribution is 7.00. The first-order valence-electron chi connectivity index (χ1n) is 16.6. The molecule has 3 heterocycles. The van der Waals surface area contributed by atoms with Gasteiger partial charge in [0.05, 0.1) is 5.52 Å². The van der Waals surface area contributed by atoms with E-state index >= 15 is 8.78 Å². The van der Waals surface area contributed by atoms with Crippen molar-refractivity contribution in [3.8, 4) is 5.69 Å². The van der Waals surface area contributed by atoms with Gasteiger partial charge >= 0.3 is 0 Å². The maximum atomic E-state index is 15.9. The van der Waals surface area contributed by atoms with Crippen molar-refractivity contribution in [2.24, 2.45) is 17.8 Å². The molecule has 0 atom stereocenters. The van der Waals surface area contributed by atoms with Gasteiger partial charge in [0.1, 0.15) is 17.3 Å². The first-order chi connectivity index (χ1) is 22.1. The van der Waals surface area contributed by atoms with E-state index in [4.69, 9.17) is 0 Å². The summed E-state index contributed by atoms with van der Waals surface area (Å²) in [5.41, 5.74) is 10.4. The van der Waals surface area contributed by atoms with Crippen molar-refractivity contribution in [2.75, 3.05) is 4.90 Å². The first kappa shape index (κ1) is 24.9. The molecule has 4 bridgehead atoms. The van der Waals surface area contributed by atoms with Gasteiger partial charge < -0.3 is 9.47 Å². The summed E-state index contributed by atoms with van der Waals surface area (Å²) in [6, 6.07) is 32.8. The molecule has 0 unspecified atom stereocenters. The lowest BCUT2D eigenvalue weighted by Crippen LogP contribution is -2.60. The summed E-state index contributed by atoms with van der Waals surface area (Å²) in [6.07, 6.45) is 7.79. The van der Waals surface area contributed by atoms with E-state index in [0.29, 0.717) is 0 Å². The van der Waals surface area contributed by atoms with E-state index in [1.54, 1.807) is 0 Å². The van der Waals surface area contributed by atoms with Gasteiger partial charge in [-0.15, -0.1) is 0 Å². The molecule has 0 radical (unpaired) electrons. The summed E-state index contributed by atoms with van der Waals surface area (Å²) < 4.78 is 34.3. The van der Waals surface area contributed by atoms with Crippen LogP contribution >= 0.6 is 0 Å². The number of aromatic nitrogens is 1. The fourth-order valence-corrected chi connectivity index (χ4v) is 11.1. The van der Waals surface area contributed by atoms with Crippen LogP contribution in [0.5, 0.6) is 0 Å². The Hall–Kier alpha value is -4.38. The van der Waals surface area contributed by atoms with Gasteiger partial charge in [0, 0.05) is 33.4 Å². The van der Waals surface area contributed by atoms with E-state index in [0.717, 1.165) is 40.1 Å². The third-order valence-electron chi connectivity index (χ3n) is 12.2. The van der Waals surface area contributed by atoms with Gasteiger partial charge in [-0.2, -0.15) is 0 Å². The topological polar surface area (TPSA) is 8.17 Å². The lowest BCUT2D eigenvalue weighted by atomic mass is 9.33. The number of fused-ring (bicyclic) bond motifs is 7. The number of rotatable bonds is 2. The summed E-state index contributed by atoms with van der Waals surface area (Å²) >= 11 is 0. The molecule has 0 N–H and O–H groups in total. The lowest BCUT2D eigenvalue weighted by Gasteiger charge is -2.57. The summed E-state index contributed by atoms with van der Waals surface area (Å²) in [5.74, 6) is 1.29. The monoisotopic (exact) mass is 588 g/mol. The molecule has 12 rings (SSSR count). The molecule has 6 aliphatic rings. The van der Waals surface area contributed by atoms with Crippen molar-refractivity contribution in [3.63, 3.8) is 0 Å². The van der Waals surface area contributed by atoms with Crippen molar-refractivity contribution in [1.82, 2.24) is 4.57 Å². The zero-order valence-corrected chi connectivity index (χ0v) is 24.9. The molecule has 0 spiro atoms. The SMILES string of the molecule is Fc1cccc(F)c1N1c2ccccc2B2c3c1cc(C14CC5CC(CC(C5)C1)C4)cc3-n1c3ccccc3c3cccc2c31. The van der Waals surface area contributed by atoms with Crippen molar-refractivity contribution < 1.29 is 8.78 Å². The number of para-hydroxylation sites is 4. The molecule has 1 aromatic heterocycles. The van der Waals surface area contributed by atoms with Crippen LogP contribution in [0, 0.1) is 29.4 Å². The summed E-state index contributed by atoms with van der Waals surface area (Å²) in [7, 11) is 0. The third kappa shape index (κ3) is 3.10. The van der Waals surface area contributed by atoms with Crippen molar-refractivity contribution in [1.29, 1.82) is 0 Å². The smallest absolute Gasteiger partial charge is 0.252 e. The Morgan fingerprint density at radius 3 is 2.02 bits per heavy atom. The highest BCUT2D eigenvalue weighted by Gasteiger charge is 2.53. The number of hydrogen-bond donors (Lipinski definition) is 0. The highest BCUT2D eigenvalue weighted by atomic mass is 19.1. The molecule has 5 aromatic carbocycles. The van der Waals surface area contributed by atoms with Crippen LogP contribution in [0.1, 0.15) is 44.1 Å². The average Bonchev–Trinajstić information content (AvgIpc) is 3.38. The normalized spacial score (nSPS) is 25.2. The second kappa shape index (κ2) is 8.45. The lowest BCUT2D eigenvalue weighted by molar-refractivity contribution is -0.00516. The standard InChI is InChI=1S/C40H31BF2N2/c42-31-11-6-12-32(43)39(31)45-34-14-4-2-9-29(34)41-30-10-5-8-28-27-7-1-3-13-33(27)44(38(28)30)35-18-26(19-36(45)37(35)41)40-20-23-15-24(21-40)17-25(16-23)22-40/h1-14,18-19,23-25H,15-17,20-22H2. The highest BCUT2D eigenvalue weighted by Crippen LogP contribution is 2.61. The molecule has 45 heavy (non-hydrogen) atoms. The number of anilines is 3. The predicted octanol–water partition coefficient (Wildman–Crippen LogP) is 8.14. The minimum atomic E-state index is -0.540. The van der Waals surface area contributed by atoms with E-state index in [1.165, 1.54) is 95.2 Å². The number of nitrogens with zero attached hydrogens (tertiary/aromatic N) is 2. The van der Waals surface area contributed by atoms with Crippen molar-refractivity contribution in [3.05, 3.63) is 114 Å². The Morgan fingerprint density at radius 1 is 0.622 bits per heavy atom. The average molecular weight is 589 g/mol. The molecule has 4 saturated carbocycles. The number of benzene rings is 5. The van der Waals surface area contributed by atoms with Crippen LogP contribution in [0.2, 0.25) is 0 Å². The fourth-order valence-electron chi connectivity index (χ4n) is 11.1. The molecule has 2 nitrogen and oxygen atoms in total. The quantitative estimate of drug-likeness (QED) is 0.185. The van der Waals surface area contributed by atoms with Gasteiger partial charge in [0.15, 0.2) is 0 Å². The molecule has 0 saturated heterocycles. The van der Waals surface area contributed by atoms with Gasteiger partial charge in [0.2, 0.25) is 0 Å². The maximum Gasteiger partial charge on any atom is 0.252 e. The van der Waals surface area contributed by atoms with Gasteiger partial charge in [0.25, 0.3) is 6.71 Å².